The molecular weight excluding hydrogens is 428 g/mol. The molecule has 0 aliphatic rings. The lowest BCUT2D eigenvalue weighted by molar-refractivity contribution is -0.384. The minimum absolute atomic E-state index is 0.0708. The molecule has 1 unspecified atom stereocenters. The Labute approximate surface area is 181 Å². The number of hydrogen-bond acceptors (Lipinski definition) is 6. The first kappa shape index (κ1) is 21.8. The number of amides is 1. The summed E-state index contributed by atoms with van der Waals surface area (Å²) >= 11 is 7.22. The van der Waals surface area contributed by atoms with E-state index in [1.165, 1.54) is 30.0 Å². The first-order valence-electron chi connectivity index (χ1n) is 9.22. The largest absolute Gasteiger partial charge is 0.324 e. The predicted molar refractivity (Wildman–Crippen MR) is 118 cm³/mol. The summed E-state index contributed by atoms with van der Waals surface area (Å²) in [7, 11) is 0. The summed E-state index contributed by atoms with van der Waals surface area (Å²) < 4.78 is 1.58. The number of non-ortho nitro benzene ring substituents is 1. The molecule has 0 bridgehead atoms. The lowest BCUT2D eigenvalue weighted by Crippen LogP contribution is -2.27. The second kappa shape index (κ2) is 9.27. The summed E-state index contributed by atoms with van der Waals surface area (Å²) in [6, 6.07) is 10.9. The van der Waals surface area contributed by atoms with Gasteiger partial charge in [0, 0.05) is 18.7 Å². The number of rotatable bonds is 7. The fourth-order valence-corrected chi connectivity index (χ4v) is 3.98. The van der Waals surface area contributed by atoms with Gasteiger partial charge in [0.25, 0.3) is 11.2 Å². The Hall–Kier alpha value is -2.91. The van der Waals surface area contributed by atoms with Gasteiger partial charge < -0.3 is 5.32 Å². The molecule has 1 N–H and O–H groups in total. The van der Waals surface area contributed by atoms with Crippen LogP contribution in [0.1, 0.15) is 20.3 Å². The number of halogens is 1. The van der Waals surface area contributed by atoms with Gasteiger partial charge in [-0.25, -0.2) is 4.98 Å². The molecule has 0 spiro atoms. The average molecular weight is 447 g/mol. The molecule has 3 rings (SSSR count). The van der Waals surface area contributed by atoms with Crippen LogP contribution < -0.4 is 10.9 Å². The highest BCUT2D eigenvalue weighted by Gasteiger charge is 2.20. The number of anilines is 1. The maximum absolute atomic E-state index is 12.8. The maximum atomic E-state index is 12.8. The van der Waals surface area contributed by atoms with Gasteiger partial charge in [0.15, 0.2) is 5.16 Å². The predicted octanol–water partition coefficient (Wildman–Crippen LogP) is 4.49. The number of nitrogens with one attached hydrogen (secondary N) is 1. The minimum Gasteiger partial charge on any atom is -0.324 e. The molecule has 0 saturated heterocycles. The first-order valence-corrected chi connectivity index (χ1v) is 10.5. The summed E-state index contributed by atoms with van der Waals surface area (Å²) in [5.41, 5.74) is 0.542. The number of benzene rings is 2. The van der Waals surface area contributed by atoms with Crippen molar-refractivity contribution in [1.82, 2.24) is 9.55 Å². The zero-order valence-electron chi connectivity index (χ0n) is 16.3. The van der Waals surface area contributed by atoms with Crippen molar-refractivity contribution in [2.24, 2.45) is 0 Å². The van der Waals surface area contributed by atoms with Gasteiger partial charge in [-0.1, -0.05) is 42.4 Å². The van der Waals surface area contributed by atoms with E-state index in [4.69, 9.17) is 11.6 Å². The molecule has 1 heterocycles. The normalized spacial score (nSPS) is 12.0. The Balaban J connectivity index is 1.84. The molecule has 156 valence electrons. The molecule has 0 saturated carbocycles. The minimum atomic E-state index is -0.590. The van der Waals surface area contributed by atoms with Crippen LogP contribution in [0.2, 0.25) is 5.02 Å². The highest BCUT2D eigenvalue weighted by atomic mass is 35.5. The van der Waals surface area contributed by atoms with Crippen LogP contribution in [0, 0.1) is 10.1 Å². The van der Waals surface area contributed by atoms with Crippen molar-refractivity contribution < 1.29 is 9.72 Å². The van der Waals surface area contributed by atoms with Gasteiger partial charge in [-0.3, -0.25) is 24.3 Å². The Morgan fingerprint density at radius 3 is 2.73 bits per heavy atom. The molecule has 8 nitrogen and oxygen atoms in total. The van der Waals surface area contributed by atoms with E-state index >= 15 is 0 Å². The van der Waals surface area contributed by atoms with Crippen molar-refractivity contribution in [2.75, 3.05) is 5.32 Å². The van der Waals surface area contributed by atoms with Crippen molar-refractivity contribution in [3.05, 3.63) is 68.0 Å². The van der Waals surface area contributed by atoms with Crippen LogP contribution in [0.15, 0.2) is 52.4 Å². The van der Waals surface area contributed by atoms with Crippen LogP contribution in [0.5, 0.6) is 0 Å². The third kappa shape index (κ3) is 4.63. The third-order valence-electron chi connectivity index (χ3n) is 4.35. The quantitative estimate of drug-likeness (QED) is 0.248. The number of fused-ring (bicyclic) bond motifs is 1. The third-order valence-corrected chi connectivity index (χ3v) is 5.75. The van der Waals surface area contributed by atoms with Crippen LogP contribution in [-0.2, 0) is 11.3 Å². The molecule has 30 heavy (non-hydrogen) atoms. The first-order chi connectivity index (χ1) is 14.3. The summed E-state index contributed by atoms with van der Waals surface area (Å²) in [4.78, 5) is 40.4. The Bertz CT molecular complexity index is 1180. The topological polar surface area (TPSA) is 107 Å². The van der Waals surface area contributed by atoms with Crippen LogP contribution in [0.4, 0.5) is 11.4 Å². The summed E-state index contributed by atoms with van der Waals surface area (Å²) in [6.45, 7) is 4.14. The van der Waals surface area contributed by atoms with Crippen molar-refractivity contribution >= 4 is 51.5 Å². The van der Waals surface area contributed by atoms with E-state index in [0.717, 1.165) is 6.42 Å². The van der Waals surface area contributed by atoms with Crippen LogP contribution in [0.3, 0.4) is 0 Å². The molecular formula is C20H19ClN4O4S. The van der Waals surface area contributed by atoms with E-state index in [1.807, 2.05) is 6.92 Å². The van der Waals surface area contributed by atoms with Crippen molar-refractivity contribution in [2.45, 2.75) is 37.2 Å². The second-order valence-corrected chi connectivity index (χ2v) is 8.25. The summed E-state index contributed by atoms with van der Waals surface area (Å²) in [6.07, 6.45) is 0.743. The van der Waals surface area contributed by atoms with Crippen LogP contribution in [-0.4, -0.2) is 25.6 Å². The van der Waals surface area contributed by atoms with Crippen molar-refractivity contribution in [3.63, 3.8) is 0 Å². The van der Waals surface area contributed by atoms with E-state index in [9.17, 15) is 19.7 Å². The average Bonchev–Trinajstić information content (AvgIpc) is 2.72. The second-order valence-electron chi connectivity index (χ2n) is 6.54. The number of nitro benzene ring substituents is 1. The van der Waals surface area contributed by atoms with E-state index in [1.54, 1.807) is 35.8 Å². The number of aromatic nitrogens is 2. The molecule has 0 aliphatic carbocycles. The van der Waals surface area contributed by atoms with Gasteiger partial charge in [-0.15, -0.1) is 0 Å². The fraction of sp³-hybridized carbons (Fsp3) is 0.250. The maximum Gasteiger partial charge on any atom is 0.271 e. The Kier molecular flexibility index (Phi) is 6.73. The number of para-hydroxylation sites is 1. The Morgan fingerprint density at radius 1 is 1.33 bits per heavy atom. The SMILES string of the molecule is CCCn1c(SC(C)C(=O)Nc2ccc([N+](=O)[O-])cc2Cl)nc2ccccc2c1=O. The standard InChI is InChI=1S/C20H19ClN4O4S/c1-3-10-24-19(27)14-6-4-5-7-16(14)23-20(24)30-12(2)18(26)22-17-9-8-13(25(28)29)11-15(17)21/h4-9,11-12H,3,10H2,1-2H3,(H,22,26). The van der Waals surface area contributed by atoms with Crippen molar-refractivity contribution in [3.8, 4) is 0 Å². The van der Waals surface area contributed by atoms with Crippen LogP contribution in [0.25, 0.3) is 10.9 Å². The lowest BCUT2D eigenvalue weighted by Gasteiger charge is -2.16. The number of hydrogen-bond donors (Lipinski definition) is 1. The van der Waals surface area contributed by atoms with Gasteiger partial charge in [0.2, 0.25) is 5.91 Å². The number of carbonyl (C=O) groups is 1. The summed E-state index contributed by atoms with van der Waals surface area (Å²) in [5.74, 6) is -0.360. The fourth-order valence-electron chi connectivity index (χ4n) is 2.82. The molecule has 0 fully saturated rings. The molecule has 3 aromatic rings. The molecule has 0 aliphatic heterocycles. The molecule has 10 heteroatoms. The molecule has 1 amide bonds. The van der Waals surface area contributed by atoms with Crippen LogP contribution >= 0.6 is 23.4 Å². The number of nitrogens with zero attached hydrogens (tertiary/aromatic N) is 3. The molecule has 0 radical (unpaired) electrons. The van der Waals surface area contributed by atoms with Crippen molar-refractivity contribution in [1.29, 1.82) is 0 Å². The number of carbonyl (C=O) groups excluding carboxylic acids is 1. The monoisotopic (exact) mass is 446 g/mol. The lowest BCUT2D eigenvalue weighted by atomic mass is 10.2. The van der Waals surface area contributed by atoms with Gasteiger partial charge in [0.05, 0.1) is 31.8 Å². The van der Waals surface area contributed by atoms with E-state index in [0.29, 0.717) is 22.6 Å². The number of nitro groups is 1. The molecule has 1 aromatic heterocycles. The smallest absolute Gasteiger partial charge is 0.271 e. The summed E-state index contributed by atoms with van der Waals surface area (Å²) in [5, 5.41) is 14.0. The highest BCUT2D eigenvalue weighted by molar-refractivity contribution is 8.00. The Morgan fingerprint density at radius 2 is 2.07 bits per heavy atom. The highest BCUT2D eigenvalue weighted by Crippen LogP contribution is 2.28. The van der Waals surface area contributed by atoms with E-state index < -0.39 is 10.2 Å². The molecule has 1 atom stereocenters. The zero-order chi connectivity index (χ0) is 21.8. The zero-order valence-corrected chi connectivity index (χ0v) is 17.9. The van der Waals surface area contributed by atoms with Gasteiger partial charge in [0.1, 0.15) is 0 Å². The molecule has 2 aromatic carbocycles. The number of thioether (sulfide) groups is 1. The van der Waals surface area contributed by atoms with Gasteiger partial charge in [-0.2, -0.15) is 0 Å². The van der Waals surface area contributed by atoms with Gasteiger partial charge >= 0.3 is 0 Å². The van der Waals surface area contributed by atoms with E-state index in [-0.39, 0.29) is 27.9 Å². The van der Waals surface area contributed by atoms with Gasteiger partial charge in [-0.05, 0) is 31.5 Å². The van der Waals surface area contributed by atoms with E-state index in [2.05, 4.69) is 10.3 Å².